The summed E-state index contributed by atoms with van der Waals surface area (Å²) in [6, 6.07) is 3.01. The van der Waals surface area contributed by atoms with E-state index in [1.807, 2.05) is 0 Å². The van der Waals surface area contributed by atoms with Crippen LogP contribution in [-0.4, -0.2) is 76.8 Å². The summed E-state index contributed by atoms with van der Waals surface area (Å²) in [5, 5.41) is 41.1. The summed E-state index contributed by atoms with van der Waals surface area (Å²) < 4.78 is 16.7. The standard InChI is InChI=1S/C15H18BrNO8/c16-7-3-6(4-8-13(7)24-2-1-23-8)14(22)17-15-12(21)11(20)10(19)9(5-18)25-15/h3-4,9-12,15,18-21H,1-2,5H2,(H,17,22)/t9-,10-,11+,12-,15-/m1/s1. The van der Waals surface area contributed by atoms with Crippen molar-refractivity contribution in [3.63, 3.8) is 0 Å². The van der Waals surface area contributed by atoms with Crippen molar-refractivity contribution < 1.29 is 39.4 Å². The molecule has 1 aromatic rings. The molecule has 0 unspecified atom stereocenters. The number of aliphatic hydroxyl groups is 4. The van der Waals surface area contributed by atoms with Crippen LogP contribution < -0.4 is 14.8 Å². The van der Waals surface area contributed by atoms with Gasteiger partial charge in [-0.2, -0.15) is 0 Å². The fraction of sp³-hybridized carbons (Fsp3) is 0.533. The molecule has 138 valence electrons. The fourth-order valence-corrected chi connectivity index (χ4v) is 3.23. The van der Waals surface area contributed by atoms with Gasteiger partial charge in [0.2, 0.25) is 0 Å². The first-order valence-electron chi connectivity index (χ1n) is 7.63. The number of carbonyl (C=O) groups excluding carboxylic acids is 1. The summed E-state index contributed by atoms with van der Waals surface area (Å²) in [5.74, 6) is 0.303. The summed E-state index contributed by atoms with van der Waals surface area (Å²) in [5.41, 5.74) is 0.216. The number of hydrogen-bond acceptors (Lipinski definition) is 8. The monoisotopic (exact) mass is 419 g/mol. The van der Waals surface area contributed by atoms with Gasteiger partial charge in [0.05, 0.1) is 11.1 Å². The van der Waals surface area contributed by atoms with E-state index in [2.05, 4.69) is 21.2 Å². The van der Waals surface area contributed by atoms with Crippen LogP contribution in [0.25, 0.3) is 0 Å². The van der Waals surface area contributed by atoms with Gasteiger partial charge in [0, 0.05) is 5.56 Å². The highest BCUT2D eigenvalue weighted by atomic mass is 79.9. The van der Waals surface area contributed by atoms with Crippen LogP contribution in [0.15, 0.2) is 16.6 Å². The van der Waals surface area contributed by atoms with Gasteiger partial charge in [0.1, 0.15) is 37.6 Å². The second-order valence-corrected chi connectivity index (χ2v) is 6.56. The van der Waals surface area contributed by atoms with Crippen LogP contribution in [0.2, 0.25) is 0 Å². The highest BCUT2D eigenvalue weighted by Gasteiger charge is 2.44. The van der Waals surface area contributed by atoms with Crippen LogP contribution in [0, 0.1) is 0 Å². The van der Waals surface area contributed by atoms with Gasteiger partial charge < -0.3 is 40.0 Å². The Morgan fingerprint density at radius 2 is 1.88 bits per heavy atom. The third-order valence-electron chi connectivity index (χ3n) is 4.02. The summed E-state index contributed by atoms with van der Waals surface area (Å²) in [6.45, 7) is 0.187. The van der Waals surface area contributed by atoms with Crippen molar-refractivity contribution in [2.75, 3.05) is 19.8 Å². The van der Waals surface area contributed by atoms with E-state index in [4.69, 9.17) is 14.2 Å². The van der Waals surface area contributed by atoms with Crippen molar-refractivity contribution in [2.24, 2.45) is 0 Å². The number of fused-ring (bicyclic) bond motifs is 1. The van der Waals surface area contributed by atoms with Gasteiger partial charge in [0.25, 0.3) is 5.91 Å². The summed E-state index contributed by atoms with van der Waals surface area (Å²) in [4.78, 5) is 12.5. The minimum atomic E-state index is -1.57. The van der Waals surface area contributed by atoms with Crippen molar-refractivity contribution >= 4 is 21.8 Å². The zero-order chi connectivity index (χ0) is 18.1. The Bertz CT molecular complexity index is 655. The molecule has 5 atom stereocenters. The van der Waals surface area contributed by atoms with Crippen molar-refractivity contribution in [1.82, 2.24) is 5.32 Å². The third-order valence-corrected chi connectivity index (χ3v) is 4.61. The molecule has 1 saturated heterocycles. The molecule has 1 amide bonds. The number of rotatable bonds is 3. The first kappa shape index (κ1) is 18.4. The molecule has 0 saturated carbocycles. The Morgan fingerprint density at radius 1 is 1.16 bits per heavy atom. The van der Waals surface area contributed by atoms with E-state index in [-0.39, 0.29) is 5.56 Å². The van der Waals surface area contributed by atoms with Crippen LogP contribution in [0.1, 0.15) is 10.4 Å². The first-order valence-corrected chi connectivity index (χ1v) is 8.42. The van der Waals surface area contributed by atoms with E-state index in [1.165, 1.54) is 12.1 Å². The topological polar surface area (TPSA) is 138 Å². The van der Waals surface area contributed by atoms with Gasteiger partial charge in [-0.25, -0.2) is 0 Å². The lowest BCUT2D eigenvalue weighted by atomic mass is 9.98. The SMILES string of the molecule is O=C(N[C@@H]1O[C@H](CO)[C@@H](O)[C@H](O)[C@H]1O)c1cc(Br)c2c(c1)OCCO2. The van der Waals surface area contributed by atoms with Crippen LogP contribution in [0.4, 0.5) is 0 Å². The van der Waals surface area contributed by atoms with Gasteiger partial charge in [-0.15, -0.1) is 0 Å². The molecule has 9 nitrogen and oxygen atoms in total. The highest BCUT2D eigenvalue weighted by molar-refractivity contribution is 9.10. The number of benzene rings is 1. The minimum absolute atomic E-state index is 0.216. The molecular formula is C15H18BrNO8. The fourth-order valence-electron chi connectivity index (χ4n) is 2.68. The van der Waals surface area contributed by atoms with Crippen LogP contribution >= 0.6 is 15.9 Å². The number of aliphatic hydroxyl groups excluding tert-OH is 4. The van der Waals surface area contributed by atoms with E-state index in [0.717, 1.165) is 0 Å². The number of halogens is 1. The molecule has 0 aromatic heterocycles. The molecule has 25 heavy (non-hydrogen) atoms. The molecular weight excluding hydrogens is 402 g/mol. The maximum atomic E-state index is 12.5. The predicted octanol–water partition coefficient (Wildman–Crippen LogP) is -1.25. The quantitative estimate of drug-likeness (QED) is 0.409. The molecule has 10 heteroatoms. The molecule has 0 radical (unpaired) electrons. The Labute approximate surface area is 151 Å². The van der Waals surface area contributed by atoms with E-state index < -0.39 is 43.2 Å². The second-order valence-electron chi connectivity index (χ2n) is 5.71. The predicted molar refractivity (Wildman–Crippen MR) is 86.4 cm³/mol. The molecule has 2 aliphatic heterocycles. The molecule has 3 rings (SSSR count). The summed E-state index contributed by atoms with van der Waals surface area (Å²) in [6.07, 6.45) is -7.01. The lowest BCUT2D eigenvalue weighted by Gasteiger charge is -2.40. The third kappa shape index (κ3) is 3.59. The Morgan fingerprint density at radius 3 is 2.60 bits per heavy atom. The normalized spacial score (nSPS) is 31.5. The van der Waals surface area contributed by atoms with Gasteiger partial charge in [-0.05, 0) is 28.1 Å². The molecule has 1 aromatic carbocycles. The molecule has 0 aliphatic carbocycles. The Balaban J connectivity index is 1.76. The average Bonchev–Trinajstić information content (AvgIpc) is 2.62. The number of ether oxygens (including phenoxy) is 3. The maximum absolute atomic E-state index is 12.5. The summed E-state index contributed by atoms with van der Waals surface area (Å²) in [7, 11) is 0. The molecule has 2 aliphatic rings. The Hall–Kier alpha value is -1.43. The number of hydrogen-bond donors (Lipinski definition) is 5. The van der Waals surface area contributed by atoms with Crippen molar-refractivity contribution in [3.05, 3.63) is 22.2 Å². The van der Waals surface area contributed by atoms with Gasteiger partial charge in [-0.3, -0.25) is 4.79 Å². The molecule has 2 heterocycles. The van der Waals surface area contributed by atoms with E-state index in [1.54, 1.807) is 0 Å². The number of amides is 1. The van der Waals surface area contributed by atoms with E-state index in [9.17, 15) is 25.2 Å². The first-order chi connectivity index (χ1) is 11.9. The largest absolute Gasteiger partial charge is 0.486 e. The molecule has 1 fully saturated rings. The average molecular weight is 420 g/mol. The zero-order valence-electron chi connectivity index (χ0n) is 13.0. The van der Waals surface area contributed by atoms with Crippen LogP contribution in [0.3, 0.4) is 0 Å². The number of carbonyl (C=O) groups is 1. The van der Waals surface area contributed by atoms with Crippen LogP contribution in [-0.2, 0) is 4.74 Å². The second kappa shape index (κ2) is 7.44. The van der Waals surface area contributed by atoms with E-state index in [0.29, 0.717) is 29.2 Å². The van der Waals surface area contributed by atoms with Crippen molar-refractivity contribution in [3.8, 4) is 11.5 Å². The van der Waals surface area contributed by atoms with Gasteiger partial charge >= 0.3 is 0 Å². The lowest BCUT2D eigenvalue weighted by Crippen LogP contribution is -2.63. The van der Waals surface area contributed by atoms with Gasteiger partial charge in [0.15, 0.2) is 17.7 Å². The van der Waals surface area contributed by atoms with Crippen molar-refractivity contribution in [2.45, 2.75) is 30.6 Å². The molecule has 5 N–H and O–H groups in total. The smallest absolute Gasteiger partial charge is 0.253 e. The van der Waals surface area contributed by atoms with E-state index >= 15 is 0 Å². The van der Waals surface area contributed by atoms with Crippen LogP contribution in [0.5, 0.6) is 11.5 Å². The zero-order valence-corrected chi connectivity index (χ0v) is 14.5. The van der Waals surface area contributed by atoms with Crippen molar-refractivity contribution in [1.29, 1.82) is 0 Å². The molecule has 0 spiro atoms. The highest BCUT2D eigenvalue weighted by Crippen LogP contribution is 2.38. The lowest BCUT2D eigenvalue weighted by molar-refractivity contribution is -0.233. The van der Waals surface area contributed by atoms with Gasteiger partial charge in [-0.1, -0.05) is 0 Å². The number of nitrogens with one attached hydrogen (secondary N) is 1. The minimum Gasteiger partial charge on any atom is -0.486 e. The summed E-state index contributed by atoms with van der Waals surface area (Å²) >= 11 is 3.30. The molecule has 0 bridgehead atoms. The maximum Gasteiger partial charge on any atom is 0.253 e. The Kier molecular flexibility index (Phi) is 5.46.